The molecule has 3 heterocycles. The van der Waals surface area contributed by atoms with Gasteiger partial charge in [-0.05, 0) is 63.8 Å². The summed E-state index contributed by atoms with van der Waals surface area (Å²) in [5.74, 6) is 1.75. The highest BCUT2D eigenvalue weighted by Gasteiger charge is 2.26. The van der Waals surface area contributed by atoms with Crippen LogP contribution in [-0.2, 0) is 19.6 Å². The summed E-state index contributed by atoms with van der Waals surface area (Å²) in [5, 5.41) is 6.67. The molecular weight excluding hydrogens is 680 g/mol. The lowest BCUT2D eigenvalue weighted by Gasteiger charge is -2.39. The normalized spacial score (nSPS) is 16.6. The number of nitrogens with zero attached hydrogens (tertiary/aromatic N) is 6. The Hall–Kier alpha value is -3.85. The fraction of sp³-hybridized carbons (Fsp3) is 0.514. The number of para-hydroxylation sites is 2. The van der Waals surface area contributed by atoms with Crippen molar-refractivity contribution in [1.29, 1.82) is 0 Å². The zero-order valence-electron chi connectivity index (χ0n) is 29.8. The number of hydrogen-bond acceptors (Lipinski definition) is 12. The van der Waals surface area contributed by atoms with Crippen LogP contribution < -0.4 is 24.6 Å². The number of piperidine rings is 1. The van der Waals surface area contributed by atoms with Gasteiger partial charge in [0.2, 0.25) is 16.0 Å². The van der Waals surface area contributed by atoms with Crippen molar-refractivity contribution in [3.63, 3.8) is 0 Å². The molecule has 272 valence electrons. The van der Waals surface area contributed by atoms with Gasteiger partial charge in [-0.15, -0.1) is 0 Å². The molecule has 13 nitrogen and oxygen atoms in total. The van der Waals surface area contributed by atoms with Crippen LogP contribution in [0.2, 0.25) is 5.02 Å². The maximum absolute atomic E-state index is 12.2. The summed E-state index contributed by atoms with van der Waals surface area (Å²) in [6, 6.07) is 13.1. The Morgan fingerprint density at radius 1 is 1.00 bits per heavy atom. The molecule has 3 aromatic rings. The average molecular weight is 729 g/mol. The number of rotatable bonds is 12. The van der Waals surface area contributed by atoms with Crippen LogP contribution >= 0.6 is 11.6 Å². The van der Waals surface area contributed by atoms with Crippen LogP contribution in [0.15, 0.2) is 48.7 Å². The predicted octanol–water partition coefficient (Wildman–Crippen LogP) is 5.20. The van der Waals surface area contributed by atoms with E-state index >= 15 is 0 Å². The first-order valence-corrected chi connectivity index (χ1v) is 19.1. The Bertz CT molecular complexity index is 1740. The molecule has 2 aliphatic rings. The summed E-state index contributed by atoms with van der Waals surface area (Å²) in [5.41, 5.74) is 2.31. The SMILES string of the molecule is COc1cc(N2CCC(CN3CCN(CC(=O)OC(C)(C)C)CC3)CC2)ccc1Nc1ncc(Cl)c(Nc2ccccc2N(C)S(C)(=O)=O)n1. The van der Waals surface area contributed by atoms with Crippen LogP contribution in [0, 0.1) is 5.92 Å². The maximum Gasteiger partial charge on any atom is 0.320 e. The number of benzene rings is 2. The van der Waals surface area contributed by atoms with Gasteiger partial charge in [0.1, 0.15) is 16.4 Å². The van der Waals surface area contributed by atoms with E-state index in [1.807, 2.05) is 32.9 Å². The number of ether oxygens (including phenoxy) is 2. The lowest BCUT2D eigenvalue weighted by Crippen LogP contribution is -2.50. The molecule has 2 aromatic carbocycles. The Balaban J connectivity index is 1.15. The van der Waals surface area contributed by atoms with Crippen molar-refractivity contribution in [2.45, 2.75) is 39.2 Å². The second-order valence-electron chi connectivity index (χ2n) is 13.9. The third-order valence-corrected chi connectivity index (χ3v) is 10.4. The minimum atomic E-state index is -3.48. The van der Waals surface area contributed by atoms with Crippen LogP contribution in [0.1, 0.15) is 33.6 Å². The van der Waals surface area contributed by atoms with E-state index in [2.05, 4.69) is 41.4 Å². The molecule has 2 aliphatic heterocycles. The smallest absolute Gasteiger partial charge is 0.320 e. The number of hydrogen-bond donors (Lipinski definition) is 2. The van der Waals surface area contributed by atoms with Gasteiger partial charge in [-0.25, -0.2) is 13.4 Å². The van der Waals surface area contributed by atoms with Crippen molar-refractivity contribution in [3.05, 3.63) is 53.7 Å². The molecule has 0 radical (unpaired) electrons. The highest BCUT2D eigenvalue weighted by Crippen LogP contribution is 2.35. The average Bonchev–Trinajstić information content (AvgIpc) is 3.06. The number of sulfonamides is 1. The van der Waals surface area contributed by atoms with Crippen molar-refractivity contribution >= 4 is 62.1 Å². The Morgan fingerprint density at radius 3 is 2.34 bits per heavy atom. The van der Waals surface area contributed by atoms with Gasteiger partial charge >= 0.3 is 5.97 Å². The van der Waals surface area contributed by atoms with E-state index < -0.39 is 15.6 Å². The van der Waals surface area contributed by atoms with Gasteiger partial charge in [-0.1, -0.05) is 23.7 Å². The first kappa shape index (κ1) is 37.4. The number of carbonyl (C=O) groups excluding carboxylic acids is 1. The van der Waals surface area contributed by atoms with Crippen LogP contribution in [0.4, 0.5) is 34.5 Å². The van der Waals surface area contributed by atoms with Crippen LogP contribution in [-0.4, -0.2) is 113 Å². The minimum Gasteiger partial charge on any atom is -0.494 e. The van der Waals surface area contributed by atoms with Crippen molar-refractivity contribution in [2.75, 3.05) is 92.6 Å². The number of aromatic nitrogens is 2. The van der Waals surface area contributed by atoms with Crippen molar-refractivity contribution in [2.24, 2.45) is 5.92 Å². The van der Waals surface area contributed by atoms with Gasteiger partial charge in [0.05, 0.1) is 43.2 Å². The van der Waals surface area contributed by atoms with Gasteiger partial charge in [-0.3, -0.25) is 14.0 Å². The molecule has 0 bridgehead atoms. The van der Waals surface area contributed by atoms with E-state index in [0.29, 0.717) is 47.0 Å². The van der Waals surface area contributed by atoms with Crippen LogP contribution in [0.5, 0.6) is 5.75 Å². The molecule has 15 heteroatoms. The summed E-state index contributed by atoms with van der Waals surface area (Å²) >= 11 is 6.44. The molecule has 1 aromatic heterocycles. The first-order valence-electron chi connectivity index (χ1n) is 16.9. The zero-order chi connectivity index (χ0) is 36.1. The fourth-order valence-corrected chi connectivity index (χ4v) is 6.86. The van der Waals surface area contributed by atoms with Crippen molar-refractivity contribution < 1.29 is 22.7 Å². The highest BCUT2D eigenvalue weighted by atomic mass is 35.5. The van der Waals surface area contributed by atoms with E-state index in [4.69, 9.17) is 21.1 Å². The zero-order valence-corrected chi connectivity index (χ0v) is 31.4. The Kier molecular flexibility index (Phi) is 12.0. The number of piperazine rings is 1. The van der Waals surface area contributed by atoms with E-state index in [1.165, 1.54) is 17.5 Å². The molecule has 2 N–H and O–H groups in total. The predicted molar refractivity (Wildman–Crippen MR) is 200 cm³/mol. The number of nitrogens with one attached hydrogen (secondary N) is 2. The summed E-state index contributed by atoms with van der Waals surface area (Å²) < 4.78 is 36.8. The third-order valence-electron chi connectivity index (χ3n) is 8.90. The fourth-order valence-electron chi connectivity index (χ4n) is 6.20. The quantitative estimate of drug-likeness (QED) is 0.238. The molecule has 0 saturated carbocycles. The molecule has 5 rings (SSSR count). The number of halogens is 1. The highest BCUT2D eigenvalue weighted by molar-refractivity contribution is 7.92. The molecule has 0 amide bonds. The van der Waals surface area contributed by atoms with Gasteiger partial charge in [0, 0.05) is 64.6 Å². The summed E-state index contributed by atoms with van der Waals surface area (Å²) in [6.07, 6.45) is 4.85. The van der Waals surface area contributed by atoms with Gasteiger partial charge in [0.25, 0.3) is 0 Å². The third kappa shape index (κ3) is 10.1. The topological polar surface area (TPSA) is 132 Å². The Labute approximate surface area is 300 Å². The number of methoxy groups -OCH3 is 1. The van der Waals surface area contributed by atoms with Gasteiger partial charge < -0.3 is 29.9 Å². The standard InChI is InChI=1S/C35H49ClN8O5S/c1-35(2,3)49-32(45)24-43-19-17-42(18-20-43)23-25-13-15-44(16-14-25)26-11-12-29(31(21-26)48-5)39-34-37-22-27(36)33(40-34)38-28-9-7-8-10-30(28)41(4)50(6,46)47/h7-12,21-22,25H,13-20,23-24H2,1-6H3,(H2,37,38,39,40). The van der Waals surface area contributed by atoms with E-state index in [-0.39, 0.29) is 11.0 Å². The lowest BCUT2D eigenvalue weighted by molar-refractivity contribution is -0.156. The molecule has 2 fully saturated rings. The first-order chi connectivity index (χ1) is 23.7. The maximum atomic E-state index is 12.2. The second-order valence-corrected chi connectivity index (χ2v) is 16.3. The lowest BCUT2D eigenvalue weighted by atomic mass is 9.95. The number of anilines is 6. The molecule has 0 spiro atoms. The molecule has 0 aliphatic carbocycles. The molecule has 2 saturated heterocycles. The Morgan fingerprint density at radius 2 is 1.68 bits per heavy atom. The van der Waals surface area contributed by atoms with Gasteiger partial charge in [-0.2, -0.15) is 4.98 Å². The van der Waals surface area contributed by atoms with Gasteiger partial charge in [0.15, 0.2) is 5.82 Å². The molecule has 0 atom stereocenters. The van der Waals surface area contributed by atoms with E-state index in [9.17, 15) is 13.2 Å². The summed E-state index contributed by atoms with van der Waals surface area (Å²) in [4.78, 5) is 28.3. The monoisotopic (exact) mass is 728 g/mol. The van der Waals surface area contributed by atoms with Crippen LogP contribution in [0.3, 0.4) is 0 Å². The van der Waals surface area contributed by atoms with Crippen molar-refractivity contribution in [1.82, 2.24) is 19.8 Å². The number of carbonyl (C=O) groups is 1. The van der Waals surface area contributed by atoms with E-state index in [1.54, 1.807) is 31.4 Å². The summed E-state index contributed by atoms with van der Waals surface area (Å²) in [6.45, 7) is 12.8. The second kappa shape index (κ2) is 16.0. The van der Waals surface area contributed by atoms with E-state index in [0.717, 1.165) is 70.6 Å². The molecular formula is C35H49ClN8O5S. The largest absolute Gasteiger partial charge is 0.494 e. The molecule has 50 heavy (non-hydrogen) atoms. The van der Waals surface area contributed by atoms with Crippen molar-refractivity contribution in [3.8, 4) is 5.75 Å². The summed E-state index contributed by atoms with van der Waals surface area (Å²) in [7, 11) is -0.361. The van der Waals surface area contributed by atoms with Crippen LogP contribution in [0.25, 0.3) is 0 Å². The molecule has 0 unspecified atom stereocenters. The minimum absolute atomic E-state index is 0.154. The number of esters is 1.